The molecule has 3 aromatic rings. The number of rotatable bonds is 4. The van der Waals surface area contributed by atoms with Crippen LogP contribution in [-0.2, 0) is 6.54 Å². The minimum absolute atomic E-state index is 0.175. The molecular weight excluding hydrogens is 323 g/mol. The SMILES string of the molecule is O=C(NCc1nc2ccccc2[nH]1)c1ccc(OC(F)(F)F)cc1. The van der Waals surface area contributed by atoms with Gasteiger partial charge >= 0.3 is 6.36 Å². The molecule has 2 N–H and O–H groups in total. The number of halogens is 3. The molecule has 0 aliphatic heterocycles. The third-order valence-corrected chi connectivity index (χ3v) is 3.20. The topological polar surface area (TPSA) is 67.0 Å². The van der Waals surface area contributed by atoms with Crippen molar-refractivity contribution in [1.29, 1.82) is 0 Å². The fourth-order valence-electron chi connectivity index (χ4n) is 2.16. The Morgan fingerprint density at radius 3 is 2.50 bits per heavy atom. The molecule has 0 saturated heterocycles. The summed E-state index contributed by atoms with van der Waals surface area (Å²) in [6.07, 6.45) is -4.76. The third-order valence-electron chi connectivity index (χ3n) is 3.20. The highest BCUT2D eigenvalue weighted by molar-refractivity contribution is 5.94. The van der Waals surface area contributed by atoms with Gasteiger partial charge in [-0.15, -0.1) is 13.2 Å². The summed E-state index contributed by atoms with van der Waals surface area (Å²) in [4.78, 5) is 19.4. The van der Waals surface area contributed by atoms with Gasteiger partial charge < -0.3 is 15.0 Å². The molecular formula is C16H12F3N3O2. The quantitative estimate of drug-likeness (QED) is 0.768. The van der Waals surface area contributed by atoms with Crippen molar-refractivity contribution in [2.24, 2.45) is 0 Å². The van der Waals surface area contributed by atoms with E-state index in [0.29, 0.717) is 5.82 Å². The second-order valence-electron chi connectivity index (χ2n) is 4.96. The number of aromatic amines is 1. The van der Waals surface area contributed by atoms with E-state index in [-0.39, 0.29) is 17.9 Å². The second-order valence-corrected chi connectivity index (χ2v) is 4.96. The smallest absolute Gasteiger partial charge is 0.406 e. The van der Waals surface area contributed by atoms with Gasteiger partial charge in [-0.1, -0.05) is 12.1 Å². The number of fused-ring (bicyclic) bond motifs is 1. The minimum Gasteiger partial charge on any atom is -0.406 e. The van der Waals surface area contributed by atoms with Crippen LogP contribution in [0.4, 0.5) is 13.2 Å². The first-order valence-electron chi connectivity index (χ1n) is 6.98. The fourth-order valence-corrected chi connectivity index (χ4v) is 2.16. The van der Waals surface area contributed by atoms with E-state index in [1.165, 1.54) is 12.1 Å². The van der Waals surface area contributed by atoms with E-state index >= 15 is 0 Å². The molecule has 0 fully saturated rings. The first-order chi connectivity index (χ1) is 11.4. The molecule has 1 amide bonds. The molecule has 24 heavy (non-hydrogen) atoms. The van der Waals surface area contributed by atoms with Crippen molar-refractivity contribution in [1.82, 2.24) is 15.3 Å². The summed E-state index contributed by atoms with van der Waals surface area (Å²) in [7, 11) is 0. The van der Waals surface area contributed by atoms with Crippen molar-refractivity contribution in [3.05, 3.63) is 59.9 Å². The molecule has 124 valence electrons. The van der Waals surface area contributed by atoms with E-state index in [4.69, 9.17) is 0 Å². The Morgan fingerprint density at radius 2 is 1.83 bits per heavy atom. The average molecular weight is 335 g/mol. The summed E-state index contributed by atoms with van der Waals surface area (Å²) in [6.45, 7) is 0.175. The van der Waals surface area contributed by atoms with E-state index in [9.17, 15) is 18.0 Å². The van der Waals surface area contributed by atoms with Crippen molar-refractivity contribution in [2.75, 3.05) is 0 Å². The summed E-state index contributed by atoms with van der Waals surface area (Å²) < 4.78 is 40.0. The Kier molecular flexibility index (Phi) is 4.11. The number of carbonyl (C=O) groups is 1. The van der Waals surface area contributed by atoms with Gasteiger partial charge in [0.05, 0.1) is 17.6 Å². The summed E-state index contributed by atoms with van der Waals surface area (Å²) in [5, 5.41) is 2.65. The van der Waals surface area contributed by atoms with Gasteiger partial charge in [-0.25, -0.2) is 4.98 Å². The van der Waals surface area contributed by atoms with E-state index in [0.717, 1.165) is 23.2 Å². The summed E-state index contributed by atoms with van der Waals surface area (Å²) >= 11 is 0. The van der Waals surface area contributed by atoms with Crippen LogP contribution in [0.3, 0.4) is 0 Å². The standard InChI is InChI=1S/C16H12F3N3O2/c17-16(18,19)24-11-7-5-10(6-8-11)15(23)20-9-14-21-12-3-1-2-4-13(12)22-14/h1-8H,9H2,(H,20,23)(H,21,22). The van der Waals surface area contributed by atoms with Crippen molar-refractivity contribution >= 4 is 16.9 Å². The zero-order valence-corrected chi connectivity index (χ0v) is 12.2. The average Bonchev–Trinajstić information content (AvgIpc) is 2.94. The van der Waals surface area contributed by atoms with Crippen LogP contribution in [0.5, 0.6) is 5.75 Å². The number of hydrogen-bond acceptors (Lipinski definition) is 3. The summed E-state index contributed by atoms with van der Waals surface area (Å²) in [5.41, 5.74) is 1.87. The normalized spacial score (nSPS) is 11.5. The molecule has 1 heterocycles. The van der Waals surface area contributed by atoms with E-state index in [1.807, 2.05) is 24.3 Å². The number of nitrogens with zero attached hydrogens (tertiary/aromatic N) is 1. The molecule has 1 aromatic heterocycles. The summed E-state index contributed by atoms with van der Waals surface area (Å²) in [5.74, 6) is -0.216. The minimum atomic E-state index is -4.76. The molecule has 5 nitrogen and oxygen atoms in total. The number of ether oxygens (including phenoxy) is 1. The van der Waals surface area contributed by atoms with Crippen LogP contribution in [0.25, 0.3) is 11.0 Å². The summed E-state index contributed by atoms with van der Waals surface area (Å²) in [6, 6.07) is 12.1. The van der Waals surface area contributed by atoms with Crippen LogP contribution in [0.2, 0.25) is 0 Å². The number of carbonyl (C=O) groups excluding carboxylic acids is 1. The molecule has 0 spiro atoms. The molecule has 2 aromatic carbocycles. The van der Waals surface area contributed by atoms with Crippen LogP contribution in [0.1, 0.15) is 16.2 Å². The Bertz CT molecular complexity index is 824. The largest absolute Gasteiger partial charge is 0.573 e. The lowest BCUT2D eigenvalue weighted by molar-refractivity contribution is -0.274. The maximum absolute atomic E-state index is 12.1. The Labute approximate surface area is 134 Å². The molecule has 3 rings (SSSR count). The lowest BCUT2D eigenvalue weighted by Crippen LogP contribution is -2.23. The third kappa shape index (κ3) is 3.83. The predicted octanol–water partition coefficient (Wildman–Crippen LogP) is 3.39. The highest BCUT2D eigenvalue weighted by Gasteiger charge is 2.31. The van der Waals surface area contributed by atoms with E-state index in [1.54, 1.807) is 0 Å². The monoisotopic (exact) mass is 335 g/mol. The molecule has 0 bridgehead atoms. The van der Waals surface area contributed by atoms with Crippen molar-refractivity contribution in [2.45, 2.75) is 12.9 Å². The lowest BCUT2D eigenvalue weighted by atomic mass is 10.2. The van der Waals surface area contributed by atoms with Crippen molar-refractivity contribution in [3.63, 3.8) is 0 Å². The number of H-pyrrole nitrogens is 1. The van der Waals surface area contributed by atoms with Crippen molar-refractivity contribution < 1.29 is 22.7 Å². The zero-order chi connectivity index (χ0) is 17.2. The number of alkyl halides is 3. The number of nitrogens with one attached hydrogen (secondary N) is 2. The fraction of sp³-hybridized carbons (Fsp3) is 0.125. The second kappa shape index (κ2) is 6.23. The van der Waals surface area contributed by atoms with Gasteiger partial charge in [0.1, 0.15) is 11.6 Å². The Balaban J connectivity index is 1.62. The maximum Gasteiger partial charge on any atom is 0.573 e. The van der Waals surface area contributed by atoms with Crippen LogP contribution in [-0.4, -0.2) is 22.2 Å². The first kappa shape index (κ1) is 15.9. The van der Waals surface area contributed by atoms with Gasteiger partial charge in [0.2, 0.25) is 0 Å². The molecule has 0 saturated carbocycles. The lowest BCUT2D eigenvalue weighted by Gasteiger charge is -2.09. The predicted molar refractivity (Wildman–Crippen MR) is 80.4 cm³/mol. The molecule has 0 aliphatic rings. The van der Waals surface area contributed by atoms with Gasteiger partial charge in [-0.05, 0) is 36.4 Å². The van der Waals surface area contributed by atoms with Gasteiger partial charge in [0.15, 0.2) is 0 Å². The molecule has 8 heteroatoms. The van der Waals surface area contributed by atoms with Crippen LogP contribution in [0.15, 0.2) is 48.5 Å². The highest BCUT2D eigenvalue weighted by atomic mass is 19.4. The number of benzene rings is 2. The number of para-hydroxylation sites is 2. The number of aromatic nitrogens is 2. The van der Waals surface area contributed by atoms with Gasteiger partial charge in [-0.2, -0.15) is 0 Å². The molecule has 0 radical (unpaired) electrons. The van der Waals surface area contributed by atoms with Crippen LogP contribution in [0, 0.1) is 0 Å². The number of imidazole rings is 1. The molecule has 0 atom stereocenters. The van der Waals surface area contributed by atoms with Crippen LogP contribution < -0.4 is 10.1 Å². The molecule has 0 unspecified atom stereocenters. The first-order valence-corrected chi connectivity index (χ1v) is 6.98. The molecule has 0 aliphatic carbocycles. The van der Waals surface area contributed by atoms with Gasteiger partial charge in [0, 0.05) is 5.56 Å². The van der Waals surface area contributed by atoms with Crippen molar-refractivity contribution in [3.8, 4) is 5.75 Å². The van der Waals surface area contributed by atoms with E-state index < -0.39 is 12.3 Å². The number of hydrogen-bond donors (Lipinski definition) is 2. The van der Waals surface area contributed by atoms with Gasteiger partial charge in [-0.3, -0.25) is 4.79 Å². The Morgan fingerprint density at radius 1 is 1.12 bits per heavy atom. The van der Waals surface area contributed by atoms with Gasteiger partial charge in [0.25, 0.3) is 5.91 Å². The number of amides is 1. The zero-order valence-electron chi connectivity index (χ0n) is 12.2. The van der Waals surface area contributed by atoms with Crippen LogP contribution >= 0.6 is 0 Å². The Hall–Kier alpha value is -3.03. The van der Waals surface area contributed by atoms with E-state index in [2.05, 4.69) is 20.0 Å². The maximum atomic E-state index is 12.1. The highest BCUT2D eigenvalue weighted by Crippen LogP contribution is 2.22.